The second-order valence-corrected chi connectivity index (χ2v) is 14.2. The van der Waals surface area contributed by atoms with Crippen LogP contribution in [0.5, 0.6) is 17.2 Å². The van der Waals surface area contributed by atoms with E-state index in [0.717, 1.165) is 37.1 Å². The molecular weight excluding hydrogens is 795 g/mol. The third kappa shape index (κ3) is 8.57. The first-order valence-electron chi connectivity index (χ1n) is 16.4. The Morgan fingerprint density at radius 2 is 1.72 bits per heavy atom. The minimum absolute atomic E-state index is 0.110. The first-order valence-corrected chi connectivity index (χ1v) is 18.4. The molecule has 1 saturated heterocycles. The number of aryl methyl sites for hydroxylation is 1. The van der Waals surface area contributed by atoms with Gasteiger partial charge in [-0.15, -0.1) is 16.9 Å². The van der Waals surface area contributed by atoms with Gasteiger partial charge in [0.1, 0.15) is 46.3 Å². The number of hydrogen-bond donors (Lipinski definition) is 4. The van der Waals surface area contributed by atoms with E-state index in [0.29, 0.717) is 10.7 Å². The molecule has 2 aliphatic heterocycles. The normalized spacial score (nSPS) is 16.5. The van der Waals surface area contributed by atoms with Crippen LogP contribution < -0.4 is 30.3 Å². The Kier molecular flexibility index (Phi) is 11.6. The summed E-state index contributed by atoms with van der Waals surface area (Å²) in [6.07, 6.45) is 0.809. The molecule has 296 valence electrons. The lowest BCUT2D eigenvalue weighted by Crippen LogP contribution is -2.71. The minimum Gasteiger partial charge on any atom is -0.482 e. The van der Waals surface area contributed by atoms with Crippen LogP contribution >= 0.6 is 23.5 Å². The van der Waals surface area contributed by atoms with Crippen molar-refractivity contribution in [2.24, 2.45) is 7.05 Å². The van der Waals surface area contributed by atoms with E-state index in [1.54, 1.807) is 7.05 Å². The fourth-order valence-corrected chi connectivity index (χ4v) is 8.03. The molecule has 4 N–H and O–H groups in total. The van der Waals surface area contributed by atoms with Crippen molar-refractivity contribution in [1.29, 1.82) is 0 Å². The van der Waals surface area contributed by atoms with Crippen molar-refractivity contribution in [3.8, 4) is 17.2 Å². The van der Waals surface area contributed by atoms with Crippen LogP contribution in [0, 0.1) is 0 Å². The first kappa shape index (κ1) is 39.9. The fourth-order valence-electron chi connectivity index (χ4n) is 5.70. The molecule has 1 unspecified atom stereocenters. The third-order valence-electron chi connectivity index (χ3n) is 8.21. The maximum Gasteiger partial charge on any atom is 0.352 e. The average molecular weight is 824 g/mol. The Balaban J connectivity index is 1.27. The molecule has 1 fully saturated rings. The molecule has 57 heavy (non-hydrogen) atoms. The quantitative estimate of drug-likeness (QED) is 0.0587. The van der Waals surface area contributed by atoms with Crippen LogP contribution in [0.3, 0.4) is 0 Å². The van der Waals surface area contributed by atoms with Gasteiger partial charge in [0.05, 0.1) is 5.39 Å². The fraction of sp³-hybridized carbons (Fsp3) is 0.265. The number of benzene rings is 2. The summed E-state index contributed by atoms with van der Waals surface area (Å²) in [4.78, 5) is 103. The van der Waals surface area contributed by atoms with Gasteiger partial charge in [-0.2, -0.15) is 0 Å². The minimum atomic E-state index is -1.60. The van der Waals surface area contributed by atoms with Crippen molar-refractivity contribution >= 4 is 76.1 Å². The van der Waals surface area contributed by atoms with Crippen LogP contribution in [0.1, 0.15) is 35.8 Å². The number of tetrazole rings is 1. The van der Waals surface area contributed by atoms with Crippen LogP contribution in [0.25, 0.3) is 11.0 Å². The highest BCUT2D eigenvalue weighted by Crippen LogP contribution is 2.42. The van der Waals surface area contributed by atoms with Crippen LogP contribution in [-0.4, -0.2) is 106 Å². The summed E-state index contributed by atoms with van der Waals surface area (Å²) >= 11 is 2.39. The molecule has 3 atom stereocenters. The van der Waals surface area contributed by atoms with Gasteiger partial charge in [0.15, 0.2) is 18.1 Å². The van der Waals surface area contributed by atoms with Crippen molar-refractivity contribution in [2.75, 3.05) is 18.1 Å². The predicted octanol–water partition coefficient (Wildman–Crippen LogP) is 0.633. The summed E-state index contributed by atoms with van der Waals surface area (Å²) in [5.74, 6) is -7.01. The first-order chi connectivity index (χ1) is 27.1. The number of nitrogens with one attached hydrogen (secondary N) is 2. The number of thioether (sulfide) groups is 2. The third-order valence-corrected chi connectivity index (χ3v) is 10.6. The Labute approximate surface area is 327 Å². The SMILES string of the molecule is CC(=O)Oc1cc2occ(C(=O)NC(C(=O)N[C@@H]3C(=O)N4C(C(=O)O)=C(CSc5nnnn5C)CS[C@H]34)c3ccc(OCC(=O)O)cc3)c(=O)c2cc1OC(C)=O. The van der Waals surface area contributed by atoms with E-state index in [2.05, 4.69) is 26.2 Å². The molecule has 2 aromatic heterocycles. The largest absolute Gasteiger partial charge is 0.482 e. The predicted molar refractivity (Wildman–Crippen MR) is 194 cm³/mol. The number of carboxylic acid groups (broad SMARTS) is 2. The Morgan fingerprint density at radius 3 is 2.33 bits per heavy atom. The zero-order chi connectivity index (χ0) is 41.1. The summed E-state index contributed by atoms with van der Waals surface area (Å²) in [5, 5.41) is 34.6. The Morgan fingerprint density at radius 1 is 1.04 bits per heavy atom. The number of carboxylic acids is 2. The van der Waals surface area contributed by atoms with E-state index >= 15 is 0 Å². The number of hydrogen-bond acceptors (Lipinski definition) is 17. The van der Waals surface area contributed by atoms with Crippen molar-refractivity contribution < 1.29 is 62.4 Å². The second kappa shape index (κ2) is 16.5. The molecular formula is C34H29N7O14S2. The van der Waals surface area contributed by atoms with E-state index in [4.69, 9.17) is 23.7 Å². The lowest BCUT2D eigenvalue weighted by molar-refractivity contribution is -0.151. The van der Waals surface area contributed by atoms with Gasteiger partial charge in [0.25, 0.3) is 11.8 Å². The summed E-state index contributed by atoms with van der Waals surface area (Å²) in [6, 6.07) is 4.71. The van der Waals surface area contributed by atoms with Crippen molar-refractivity contribution in [2.45, 2.75) is 36.5 Å². The Bertz CT molecular complexity index is 2430. The number of aliphatic carboxylic acids is 2. The number of nitrogens with zero attached hydrogens (tertiary/aromatic N) is 5. The van der Waals surface area contributed by atoms with Gasteiger partial charge in [0, 0.05) is 38.5 Å². The van der Waals surface area contributed by atoms with E-state index < -0.39 is 76.7 Å². The summed E-state index contributed by atoms with van der Waals surface area (Å²) in [5.41, 5.74) is -1.35. The van der Waals surface area contributed by atoms with Gasteiger partial charge >= 0.3 is 23.9 Å². The summed E-state index contributed by atoms with van der Waals surface area (Å²) in [7, 11) is 1.62. The van der Waals surface area contributed by atoms with Crippen LogP contribution in [0.2, 0.25) is 0 Å². The number of rotatable bonds is 14. The van der Waals surface area contributed by atoms with E-state index in [1.807, 2.05) is 0 Å². The number of fused-ring (bicyclic) bond motifs is 2. The second-order valence-electron chi connectivity index (χ2n) is 12.1. The molecule has 3 amide bonds. The monoisotopic (exact) mass is 823 g/mol. The topological polar surface area (TPSA) is 289 Å². The highest BCUT2D eigenvalue weighted by molar-refractivity contribution is 8.01. The number of aromatic nitrogens is 4. The molecule has 4 heterocycles. The molecule has 2 aliphatic rings. The molecule has 0 radical (unpaired) electrons. The highest BCUT2D eigenvalue weighted by atomic mass is 32.2. The molecule has 4 aromatic rings. The number of amides is 3. The van der Waals surface area contributed by atoms with Gasteiger partial charge in [-0.1, -0.05) is 23.9 Å². The summed E-state index contributed by atoms with van der Waals surface area (Å²) in [6.45, 7) is 1.51. The number of esters is 2. The summed E-state index contributed by atoms with van der Waals surface area (Å²) < 4.78 is 22.2. The lowest BCUT2D eigenvalue weighted by atomic mass is 10.0. The number of ether oxygens (including phenoxy) is 3. The van der Waals surface area contributed by atoms with E-state index in [1.165, 1.54) is 52.5 Å². The molecule has 0 spiro atoms. The van der Waals surface area contributed by atoms with Crippen molar-refractivity contribution in [1.82, 2.24) is 35.7 Å². The van der Waals surface area contributed by atoms with Crippen molar-refractivity contribution in [3.05, 3.63) is 75.3 Å². The van der Waals surface area contributed by atoms with Crippen LogP contribution in [-0.2, 0) is 35.8 Å². The Hall–Kier alpha value is -6.75. The standard InChI is InChI=1S/C34H29N7O14S2/c1-14(42)54-22-8-19-21(9-23(22)55-15(2)43)53-10-20(28(19)46)29(47)35-25(16-4-6-18(7-5-16)52-11-24(44)45)30(48)36-26-31(49)41-27(33(50)51)17(12-56-32(26)41)13-57-34-37-38-39-40(34)3/h4-10,25-26,32H,11-13H2,1-3H3,(H,35,47)(H,36,48)(H,44,45)(H,50,51)/t25?,26-,32-/m1/s1. The number of carbonyl (C=O) groups is 7. The number of carbonyl (C=O) groups excluding carboxylic acids is 5. The molecule has 0 aliphatic carbocycles. The smallest absolute Gasteiger partial charge is 0.352 e. The molecule has 0 bridgehead atoms. The molecule has 23 heteroatoms. The van der Waals surface area contributed by atoms with Gasteiger partial charge < -0.3 is 39.5 Å². The zero-order valence-electron chi connectivity index (χ0n) is 29.7. The van der Waals surface area contributed by atoms with Gasteiger partial charge in [-0.25, -0.2) is 14.3 Å². The lowest BCUT2D eigenvalue weighted by Gasteiger charge is -2.49. The van der Waals surface area contributed by atoms with E-state index in [-0.39, 0.29) is 51.0 Å². The van der Waals surface area contributed by atoms with E-state index in [9.17, 15) is 43.5 Å². The maximum absolute atomic E-state index is 14.0. The average Bonchev–Trinajstić information content (AvgIpc) is 3.58. The van der Waals surface area contributed by atoms with Crippen molar-refractivity contribution in [3.63, 3.8) is 0 Å². The molecule has 2 aromatic carbocycles. The van der Waals surface area contributed by atoms with Crippen LogP contribution in [0.15, 0.2) is 68.3 Å². The maximum atomic E-state index is 14.0. The van der Waals surface area contributed by atoms with Gasteiger partial charge in [-0.3, -0.25) is 33.7 Å². The molecule has 21 nitrogen and oxygen atoms in total. The zero-order valence-corrected chi connectivity index (χ0v) is 31.4. The van der Waals surface area contributed by atoms with Gasteiger partial charge in [-0.05, 0) is 39.8 Å². The number of β-lactam (4-membered cyclic amide) rings is 1. The van der Waals surface area contributed by atoms with Gasteiger partial charge in [0.2, 0.25) is 16.5 Å². The highest BCUT2D eigenvalue weighted by Gasteiger charge is 2.54. The molecule has 0 saturated carbocycles. The molecule has 6 rings (SSSR count). The van der Waals surface area contributed by atoms with Crippen LogP contribution in [0.4, 0.5) is 0 Å².